The zero-order chi connectivity index (χ0) is 30.1. The number of likely N-dealkylation sites (N-methyl/N-ethyl adjacent to an activating group) is 1. The molecule has 3 N–H and O–H groups in total. The first-order chi connectivity index (χ1) is 19.0. The van der Waals surface area contributed by atoms with Gasteiger partial charge in [-0.3, -0.25) is 13.8 Å². The number of nitrogens with one attached hydrogen (secondary N) is 1. The summed E-state index contributed by atoms with van der Waals surface area (Å²) in [6.07, 6.45) is 25.1. The number of amides is 1. The highest BCUT2D eigenvalue weighted by Crippen LogP contribution is 2.43. The minimum atomic E-state index is -4.32. The summed E-state index contributed by atoms with van der Waals surface area (Å²) in [6, 6.07) is -0.860. The molecule has 0 rings (SSSR count). The molecule has 0 saturated heterocycles. The van der Waals surface area contributed by atoms with Gasteiger partial charge in [-0.2, -0.15) is 0 Å². The van der Waals surface area contributed by atoms with Crippen LogP contribution in [0.5, 0.6) is 0 Å². The molecule has 0 spiro atoms. The van der Waals surface area contributed by atoms with Crippen LogP contribution in [0.4, 0.5) is 0 Å². The van der Waals surface area contributed by atoms with E-state index in [4.69, 9.17) is 9.05 Å². The number of hydrogen-bond donors (Lipinski definition) is 3. The lowest BCUT2D eigenvalue weighted by Gasteiger charge is -2.25. The Kier molecular flexibility index (Phi) is 23.6. The molecule has 0 aliphatic carbocycles. The zero-order valence-electron chi connectivity index (χ0n) is 26.1. The van der Waals surface area contributed by atoms with E-state index in [9.17, 15) is 19.4 Å². The number of carbonyl (C=O) groups excluding carboxylic acids is 1. The summed E-state index contributed by atoms with van der Waals surface area (Å²) in [5.74, 6) is -0.203. The third kappa shape index (κ3) is 25.7. The molecule has 3 atom stereocenters. The number of phosphoric ester groups is 1. The van der Waals surface area contributed by atoms with Crippen LogP contribution in [0.3, 0.4) is 0 Å². The summed E-state index contributed by atoms with van der Waals surface area (Å²) in [6.45, 7) is 4.57. The van der Waals surface area contributed by atoms with E-state index in [0.29, 0.717) is 17.4 Å². The number of aliphatic hydroxyl groups excluding tert-OH is 1. The number of phosphoric acid groups is 1. The van der Waals surface area contributed by atoms with Gasteiger partial charge >= 0.3 is 7.82 Å². The monoisotopic (exact) mass is 587 g/mol. The molecular formula is C31H60N2O6P+. The van der Waals surface area contributed by atoms with Gasteiger partial charge in [0.25, 0.3) is 0 Å². The normalized spacial score (nSPS) is 15.7. The third-order valence-corrected chi connectivity index (χ3v) is 7.34. The highest BCUT2D eigenvalue weighted by atomic mass is 31.2. The number of allylic oxidation sites excluding steroid dienone is 5. The largest absolute Gasteiger partial charge is 0.472 e. The first-order valence-corrected chi connectivity index (χ1v) is 16.9. The predicted octanol–water partition coefficient (Wildman–Crippen LogP) is 6.84. The summed E-state index contributed by atoms with van der Waals surface area (Å²) >= 11 is 0. The Balaban J connectivity index is 4.77. The van der Waals surface area contributed by atoms with Gasteiger partial charge in [0.05, 0.1) is 39.9 Å². The Morgan fingerprint density at radius 2 is 1.40 bits per heavy atom. The SMILES string of the molecule is CC/C=C/CC/C=C/CC/C=C/C(O)C(COP(=O)(O)OCC[N+](C)(C)C)NC(=O)CCCCCCCCCC. The molecular weight excluding hydrogens is 527 g/mol. The van der Waals surface area contributed by atoms with Crippen molar-refractivity contribution in [1.29, 1.82) is 0 Å². The molecule has 234 valence electrons. The van der Waals surface area contributed by atoms with Crippen molar-refractivity contribution in [3.8, 4) is 0 Å². The van der Waals surface area contributed by atoms with E-state index in [1.54, 1.807) is 6.08 Å². The fourth-order valence-electron chi connectivity index (χ4n) is 3.84. The predicted molar refractivity (Wildman–Crippen MR) is 166 cm³/mol. The Hall–Kier alpha value is -1.28. The van der Waals surface area contributed by atoms with Crippen LogP contribution in [-0.2, 0) is 18.4 Å². The van der Waals surface area contributed by atoms with Crippen molar-refractivity contribution in [1.82, 2.24) is 5.32 Å². The van der Waals surface area contributed by atoms with Gasteiger partial charge in [-0.05, 0) is 38.5 Å². The second-order valence-electron chi connectivity index (χ2n) is 11.4. The number of carbonyl (C=O) groups is 1. The summed E-state index contributed by atoms with van der Waals surface area (Å²) in [7, 11) is 1.53. The van der Waals surface area contributed by atoms with Gasteiger partial charge in [-0.25, -0.2) is 4.57 Å². The number of nitrogens with zero attached hydrogens (tertiary/aromatic N) is 1. The molecule has 0 aromatic carbocycles. The molecule has 0 bridgehead atoms. The maximum absolute atomic E-state index is 12.6. The number of rotatable bonds is 26. The molecule has 0 saturated carbocycles. The van der Waals surface area contributed by atoms with Crippen LogP contribution in [0.25, 0.3) is 0 Å². The summed E-state index contributed by atoms with van der Waals surface area (Å²) in [5.41, 5.74) is 0. The molecule has 3 unspecified atom stereocenters. The van der Waals surface area contributed by atoms with Crippen molar-refractivity contribution < 1.29 is 32.9 Å². The van der Waals surface area contributed by atoms with E-state index in [1.165, 1.54) is 32.1 Å². The number of hydrogen-bond acceptors (Lipinski definition) is 5. The molecule has 0 heterocycles. The second-order valence-corrected chi connectivity index (χ2v) is 12.9. The van der Waals surface area contributed by atoms with Crippen LogP contribution in [0.15, 0.2) is 36.5 Å². The van der Waals surface area contributed by atoms with Crippen LogP contribution in [0, 0.1) is 0 Å². The number of aliphatic hydroxyl groups is 1. The quantitative estimate of drug-likeness (QED) is 0.0443. The lowest BCUT2D eigenvalue weighted by Crippen LogP contribution is -2.45. The van der Waals surface area contributed by atoms with Crippen LogP contribution in [-0.4, -0.2) is 73.4 Å². The van der Waals surface area contributed by atoms with Crippen molar-refractivity contribution in [2.24, 2.45) is 0 Å². The van der Waals surface area contributed by atoms with Gasteiger partial charge in [-0.1, -0.05) is 95.2 Å². The maximum Gasteiger partial charge on any atom is 0.472 e. The van der Waals surface area contributed by atoms with E-state index in [1.807, 2.05) is 27.2 Å². The van der Waals surface area contributed by atoms with Gasteiger partial charge in [0.2, 0.25) is 5.91 Å². The van der Waals surface area contributed by atoms with Gasteiger partial charge in [0.1, 0.15) is 13.2 Å². The highest BCUT2D eigenvalue weighted by Gasteiger charge is 2.27. The lowest BCUT2D eigenvalue weighted by molar-refractivity contribution is -0.870. The van der Waals surface area contributed by atoms with Crippen molar-refractivity contribution in [3.05, 3.63) is 36.5 Å². The van der Waals surface area contributed by atoms with Gasteiger partial charge in [0.15, 0.2) is 0 Å². The average molecular weight is 588 g/mol. The van der Waals surface area contributed by atoms with Crippen LogP contribution >= 0.6 is 7.82 Å². The lowest BCUT2D eigenvalue weighted by atomic mass is 10.1. The van der Waals surface area contributed by atoms with E-state index >= 15 is 0 Å². The van der Waals surface area contributed by atoms with Crippen LogP contribution < -0.4 is 5.32 Å². The molecule has 0 aromatic heterocycles. The number of quaternary nitrogens is 1. The fourth-order valence-corrected chi connectivity index (χ4v) is 4.58. The summed E-state index contributed by atoms with van der Waals surface area (Å²) in [5, 5.41) is 13.5. The molecule has 0 aliphatic heterocycles. The summed E-state index contributed by atoms with van der Waals surface area (Å²) in [4.78, 5) is 22.7. The van der Waals surface area contributed by atoms with E-state index in [0.717, 1.165) is 51.4 Å². The van der Waals surface area contributed by atoms with E-state index in [-0.39, 0.29) is 19.1 Å². The minimum absolute atomic E-state index is 0.0532. The average Bonchev–Trinajstić information content (AvgIpc) is 2.88. The molecule has 9 heteroatoms. The Morgan fingerprint density at radius 3 is 1.98 bits per heavy atom. The maximum atomic E-state index is 12.6. The Morgan fingerprint density at radius 1 is 0.850 bits per heavy atom. The van der Waals surface area contributed by atoms with Gasteiger partial charge in [-0.15, -0.1) is 0 Å². The molecule has 8 nitrogen and oxygen atoms in total. The third-order valence-electron chi connectivity index (χ3n) is 6.35. The van der Waals surface area contributed by atoms with Gasteiger partial charge < -0.3 is 19.8 Å². The van der Waals surface area contributed by atoms with Crippen molar-refractivity contribution in [3.63, 3.8) is 0 Å². The molecule has 0 aromatic rings. The fraction of sp³-hybridized carbons (Fsp3) is 0.774. The van der Waals surface area contributed by atoms with Gasteiger partial charge in [0, 0.05) is 6.42 Å². The Bertz CT molecular complexity index is 763. The molecule has 1 amide bonds. The molecule has 40 heavy (non-hydrogen) atoms. The van der Waals surface area contributed by atoms with Crippen LogP contribution in [0.1, 0.15) is 104 Å². The van der Waals surface area contributed by atoms with Crippen molar-refractivity contribution in [2.75, 3.05) is 40.9 Å². The van der Waals surface area contributed by atoms with Crippen molar-refractivity contribution >= 4 is 13.7 Å². The molecule has 0 aliphatic rings. The second kappa shape index (κ2) is 24.3. The summed E-state index contributed by atoms with van der Waals surface area (Å²) < 4.78 is 23.2. The number of unbranched alkanes of at least 4 members (excludes halogenated alkanes) is 9. The van der Waals surface area contributed by atoms with Crippen molar-refractivity contribution in [2.45, 2.75) is 116 Å². The molecule has 0 fully saturated rings. The standard InChI is InChI=1S/C31H59N2O6P/c1-6-8-10-12-14-16-17-18-20-22-24-30(34)29(28-39-40(36,37)38-27-26-33(3,4)5)32-31(35)25-23-21-19-15-13-11-9-7-2/h8,10,16-17,22,24,29-30,34H,6-7,9,11-15,18-21,23,25-28H2,1-5H3,(H-,32,35,36,37)/p+1/b10-8+,17-16+,24-22+. The van der Waals surface area contributed by atoms with E-state index in [2.05, 4.69) is 43.5 Å². The highest BCUT2D eigenvalue weighted by molar-refractivity contribution is 7.47. The zero-order valence-corrected chi connectivity index (χ0v) is 27.0. The Labute approximate surface area is 245 Å². The van der Waals surface area contributed by atoms with E-state index < -0.39 is 20.0 Å². The minimum Gasteiger partial charge on any atom is -0.387 e. The topological polar surface area (TPSA) is 105 Å². The van der Waals surface area contributed by atoms with Crippen LogP contribution in [0.2, 0.25) is 0 Å². The molecule has 0 radical (unpaired) electrons. The first kappa shape index (κ1) is 38.7. The smallest absolute Gasteiger partial charge is 0.387 e. The first-order valence-electron chi connectivity index (χ1n) is 15.4.